The molecule has 0 aliphatic rings. The third kappa shape index (κ3) is 3.39. The Hall–Kier alpha value is -2.37. The highest BCUT2D eigenvalue weighted by molar-refractivity contribution is 5.90. The van der Waals surface area contributed by atoms with Crippen molar-refractivity contribution in [3.05, 3.63) is 47.3 Å². The molecule has 0 aliphatic heterocycles. The molecule has 1 aromatic carbocycles. The van der Waals surface area contributed by atoms with E-state index in [1.165, 1.54) is 6.20 Å². The van der Waals surface area contributed by atoms with Crippen LogP contribution in [0.2, 0.25) is 0 Å². The predicted molar refractivity (Wildman–Crippen MR) is 72.7 cm³/mol. The molecule has 0 aliphatic carbocycles. The summed E-state index contributed by atoms with van der Waals surface area (Å²) in [6.07, 6.45) is 1.80. The fourth-order valence-electron chi connectivity index (χ4n) is 1.89. The Bertz CT molecular complexity index is 654. The van der Waals surface area contributed by atoms with Gasteiger partial charge in [-0.15, -0.1) is 0 Å². The van der Waals surface area contributed by atoms with E-state index >= 15 is 0 Å². The molecule has 0 radical (unpaired) electrons. The highest BCUT2D eigenvalue weighted by Gasteiger charge is 2.15. The summed E-state index contributed by atoms with van der Waals surface area (Å²) in [4.78, 5) is 20.0. The Morgan fingerprint density at radius 2 is 1.86 bits per heavy atom. The van der Waals surface area contributed by atoms with Crippen molar-refractivity contribution in [3.63, 3.8) is 0 Å². The van der Waals surface area contributed by atoms with E-state index in [-0.39, 0.29) is 23.6 Å². The van der Waals surface area contributed by atoms with Gasteiger partial charge in [0, 0.05) is 17.8 Å². The quantitative estimate of drug-likeness (QED) is 0.812. The molecule has 2 rings (SSSR count). The Balaban J connectivity index is 2.45. The van der Waals surface area contributed by atoms with Gasteiger partial charge in [-0.05, 0) is 25.5 Å². The van der Waals surface area contributed by atoms with E-state index < -0.39 is 17.6 Å². The lowest BCUT2D eigenvalue weighted by atomic mass is 10.1. The van der Waals surface area contributed by atoms with Gasteiger partial charge in [0.2, 0.25) is 0 Å². The number of nitrogens with zero attached hydrogens (tertiary/aromatic N) is 2. The molecule has 0 fully saturated rings. The van der Waals surface area contributed by atoms with Gasteiger partial charge >= 0.3 is 5.97 Å². The lowest BCUT2D eigenvalue weighted by Gasteiger charge is -2.08. The third-order valence-electron chi connectivity index (χ3n) is 2.82. The molecule has 0 saturated heterocycles. The van der Waals surface area contributed by atoms with Crippen LogP contribution >= 0.6 is 0 Å². The number of benzene rings is 1. The number of carbonyl (C=O) groups is 1. The van der Waals surface area contributed by atoms with Crippen molar-refractivity contribution in [1.82, 2.24) is 9.97 Å². The number of aromatic nitrogens is 2. The average molecular weight is 292 g/mol. The maximum atomic E-state index is 13.2. The van der Waals surface area contributed by atoms with Gasteiger partial charge in [0.05, 0.1) is 17.9 Å². The fraction of sp³-hybridized carbons (Fsp3) is 0.267. The monoisotopic (exact) mass is 292 g/mol. The van der Waals surface area contributed by atoms with Gasteiger partial charge in [0.1, 0.15) is 11.6 Å². The normalized spacial score (nSPS) is 10.5. The standard InChI is InChI=1S/C15H14F2N2O2/c1-3-13-12(15(20)21-4-2)8-18-14(19-13)9-5-10(16)7-11(17)6-9/h5-8H,3-4H2,1-2H3. The maximum Gasteiger partial charge on any atom is 0.341 e. The molecular formula is C15H14F2N2O2. The van der Waals surface area contributed by atoms with Gasteiger partial charge in [-0.25, -0.2) is 23.5 Å². The molecule has 21 heavy (non-hydrogen) atoms. The fourth-order valence-corrected chi connectivity index (χ4v) is 1.89. The minimum absolute atomic E-state index is 0.165. The summed E-state index contributed by atoms with van der Waals surface area (Å²) >= 11 is 0. The molecule has 1 aromatic heterocycles. The van der Waals surface area contributed by atoms with Crippen LogP contribution in [0.4, 0.5) is 8.78 Å². The van der Waals surface area contributed by atoms with Gasteiger partial charge < -0.3 is 4.74 Å². The van der Waals surface area contributed by atoms with E-state index in [4.69, 9.17) is 4.74 Å². The predicted octanol–water partition coefficient (Wildman–Crippen LogP) is 3.16. The molecule has 0 atom stereocenters. The molecule has 4 nitrogen and oxygen atoms in total. The summed E-state index contributed by atoms with van der Waals surface area (Å²) in [5, 5.41) is 0. The lowest BCUT2D eigenvalue weighted by Crippen LogP contribution is -2.11. The number of hydrogen-bond acceptors (Lipinski definition) is 4. The van der Waals surface area contributed by atoms with Gasteiger partial charge in [0.15, 0.2) is 5.82 Å². The van der Waals surface area contributed by atoms with Crippen LogP contribution in [0.15, 0.2) is 24.4 Å². The van der Waals surface area contributed by atoms with Crippen molar-refractivity contribution >= 4 is 5.97 Å². The minimum atomic E-state index is -0.707. The molecule has 1 heterocycles. The van der Waals surface area contributed by atoms with E-state index in [1.54, 1.807) is 6.92 Å². The van der Waals surface area contributed by atoms with Crippen molar-refractivity contribution in [2.24, 2.45) is 0 Å². The number of esters is 1. The summed E-state index contributed by atoms with van der Waals surface area (Å²) in [5.74, 6) is -1.76. The van der Waals surface area contributed by atoms with Crippen LogP contribution in [-0.4, -0.2) is 22.5 Å². The largest absolute Gasteiger partial charge is 0.462 e. The zero-order chi connectivity index (χ0) is 15.4. The number of hydrogen-bond donors (Lipinski definition) is 0. The highest BCUT2D eigenvalue weighted by atomic mass is 19.1. The maximum absolute atomic E-state index is 13.2. The number of halogens is 2. The molecule has 0 N–H and O–H groups in total. The Morgan fingerprint density at radius 1 is 1.19 bits per heavy atom. The van der Waals surface area contributed by atoms with Crippen LogP contribution < -0.4 is 0 Å². The second-order valence-corrected chi connectivity index (χ2v) is 4.29. The van der Waals surface area contributed by atoms with Crippen molar-refractivity contribution in [2.45, 2.75) is 20.3 Å². The van der Waals surface area contributed by atoms with Crippen LogP contribution in [-0.2, 0) is 11.2 Å². The zero-order valence-electron chi connectivity index (χ0n) is 11.7. The van der Waals surface area contributed by atoms with Crippen LogP contribution in [0.25, 0.3) is 11.4 Å². The number of carbonyl (C=O) groups excluding carboxylic acids is 1. The lowest BCUT2D eigenvalue weighted by molar-refractivity contribution is 0.0524. The topological polar surface area (TPSA) is 52.1 Å². The average Bonchev–Trinajstić information content (AvgIpc) is 2.45. The molecule has 110 valence electrons. The summed E-state index contributed by atoms with van der Waals surface area (Å²) in [6.45, 7) is 3.77. The molecule has 0 bridgehead atoms. The van der Waals surface area contributed by atoms with Crippen LogP contribution in [0.1, 0.15) is 29.9 Å². The first-order chi connectivity index (χ1) is 10.0. The molecule has 0 amide bonds. The molecule has 0 saturated carbocycles. The van der Waals surface area contributed by atoms with Gasteiger partial charge in [-0.2, -0.15) is 0 Å². The molecule has 0 spiro atoms. The van der Waals surface area contributed by atoms with E-state index in [0.29, 0.717) is 12.1 Å². The second-order valence-electron chi connectivity index (χ2n) is 4.29. The van der Waals surface area contributed by atoms with Crippen molar-refractivity contribution in [3.8, 4) is 11.4 Å². The van der Waals surface area contributed by atoms with Gasteiger partial charge in [-0.3, -0.25) is 0 Å². The van der Waals surface area contributed by atoms with E-state index in [1.807, 2.05) is 6.92 Å². The minimum Gasteiger partial charge on any atom is -0.462 e. The van der Waals surface area contributed by atoms with E-state index in [2.05, 4.69) is 9.97 Å². The zero-order valence-corrected chi connectivity index (χ0v) is 11.7. The number of aryl methyl sites for hydroxylation is 1. The molecular weight excluding hydrogens is 278 g/mol. The molecule has 2 aromatic rings. The first-order valence-electron chi connectivity index (χ1n) is 6.54. The summed E-state index contributed by atoms with van der Waals surface area (Å²) < 4.78 is 31.4. The molecule has 6 heteroatoms. The third-order valence-corrected chi connectivity index (χ3v) is 2.82. The Labute approximate surface area is 120 Å². The van der Waals surface area contributed by atoms with E-state index in [0.717, 1.165) is 18.2 Å². The number of ether oxygens (including phenoxy) is 1. The summed E-state index contributed by atoms with van der Waals surface area (Å²) in [6, 6.07) is 3.06. The van der Waals surface area contributed by atoms with Crippen LogP contribution in [0.3, 0.4) is 0 Å². The van der Waals surface area contributed by atoms with Gasteiger partial charge in [0.25, 0.3) is 0 Å². The van der Waals surface area contributed by atoms with Crippen molar-refractivity contribution in [1.29, 1.82) is 0 Å². The van der Waals surface area contributed by atoms with Crippen LogP contribution in [0.5, 0.6) is 0 Å². The summed E-state index contributed by atoms with van der Waals surface area (Å²) in [7, 11) is 0. The van der Waals surface area contributed by atoms with E-state index in [9.17, 15) is 13.6 Å². The summed E-state index contributed by atoms with van der Waals surface area (Å²) in [5.41, 5.74) is 0.959. The Kier molecular flexibility index (Phi) is 4.57. The van der Waals surface area contributed by atoms with Gasteiger partial charge in [-0.1, -0.05) is 6.92 Å². The SMILES string of the molecule is CCOC(=O)c1cnc(-c2cc(F)cc(F)c2)nc1CC. The smallest absolute Gasteiger partial charge is 0.341 e. The Morgan fingerprint density at radius 3 is 2.43 bits per heavy atom. The van der Waals surface area contributed by atoms with Crippen LogP contribution in [0, 0.1) is 11.6 Å². The second kappa shape index (κ2) is 6.39. The number of rotatable bonds is 4. The first-order valence-corrected chi connectivity index (χ1v) is 6.54. The van der Waals surface area contributed by atoms with Crippen molar-refractivity contribution < 1.29 is 18.3 Å². The first kappa shape index (κ1) is 15.0. The highest BCUT2D eigenvalue weighted by Crippen LogP contribution is 2.20. The van der Waals surface area contributed by atoms with Crippen molar-refractivity contribution in [2.75, 3.05) is 6.61 Å². The molecule has 0 unspecified atom stereocenters.